The molecule has 0 fully saturated rings. The Kier molecular flexibility index (Phi) is 8.95. The van der Waals surface area contributed by atoms with Crippen LogP contribution in [0.25, 0.3) is 0 Å². The van der Waals surface area contributed by atoms with Crippen LogP contribution >= 0.6 is 0 Å². The summed E-state index contributed by atoms with van der Waals surface area (Å²) in [6.07, 6.45) is 5.58. The van der Waals surface area contributed by atoms with E-state index in [2.05, 4.69) is 77.4 Å². The molecule has 1 aromatic heterocycles. The van der Waals surface area contributed by atoms with Gasteiger partial charge >= 0.3 is 0 Å². The lowest BCUT2D eigenvalue weighted by atomic mass is 9.90. The van der Waals surface area contributed by atoms with Crippen molar-refractivity contribution in [1.82, 2.24) is 9.78 Å². The van der Waals surface area contributed by atoms with Gasteiger partial charge in [0.2, 0.25) is 0 Å². The molecule has 0 saturated heterocycles. The molecule has 3 nitrogen and oxygen atoms in total. The fourth-order valence-corrected chi connectivity index (χ4v) is 4.20. The van der Waals surface area contributed by atoms with Gasteiger partial charge in [-0.3, -0.25) is 4.68 Å². The second-order valence-electron chi connectivity index (χ2n) is 9.42. The molecular formula is C26H42N2O. The molecule has 0 aliphatic rings. The molecule has 1 N–H and O–H groups in total. The van der Waals surface area contributed by atoms with Gasteiger partial charge in [-0.15, -0.1) is 0 Å². The molecule has 0 amide bonds. The molecule has 0 aliphatic carbocycles. The van der Waals surface area contributed by atoms with Crippen molar-refractivity contribution in [1.29, 1.82) is 0 Å². The third-order valence-corrected chi connectivity index (χ3v) is 6.03. The van der Waals surface area contributed by atoms with Crippen molar-refractivity contribution in [3.8, 4) is 0 Å². The van der Waals surface area contributed by atoms with Crippen molar-refractivity contribution in [2.45, 2.75) is 99.1 Å². The molecule has 2 unspecified atom stereocenters. The van der Waals surface area contributed by atoms with Gasteiger partial charge in [-0.2, -0.15) is 5.10 Å². The molecule has 0 saturated carbocycles. The van der Waals surface area contributed by atoms with E-state index in [1.807, 2.05) is 0 Å². The molecule has 2 aromatic rings. The van der Waals surface area contributed by atoms with Crippen molar-refractivity contribution in [3.05, 3.63) is 52.3 Å². The van der Waals surface area contributed by atoms with Gasteiger partial charge in [0.15, 0.2) is 0 Å². The van der Waals surface area contributed by atoms with Gasteiger partial charge in [-0.05, 0) is 69.4 Å². The van der Waals surface area contributed by atoms with E-state index in [4.69, 9.17) is 5.10 Å². The zero-order chi connectivity index (χ0) is 21.6. The van der Waals surface area contributed by atoms with E-state index in [0.29, 0.717) is 17.9 Å². The fraction of sp³-hybridized carbons (Fsp3) is 0.654. The van der Waals surface area contributed by atoms with Gasteiger partial charge in [-0.1, -0.05) is 58.4 Å². The smallest absolute Gasteiger partial charge is 0.0665 e. The predicted octanol–water partition coefficient (Wildman–Crippen LogP) is 6.29. The molecule has 1 aromatic carbocycles. The highest BCUT2D eigenvalue weighted by Crippen LogP contribution is 2.26. The molecule has 162 valence electrons. The van der Waals surface area contributed by atoms with E-state index in [1.54, 1.807) is 0 Å². The van der Waals surface area contributed by atoms with Crippen LogP contribution in [0.5, 0.6) is 0 Å². The number of hydrogen-bond acceptors (Lipinski definition) is 2. The van der Waals surface area contributed by atoms with Crippen LogP contribution in [0.1, 0.15) is 94.9 Å². The number of aliphatic hydroxyl groups excluding tert-OH is 1. The largest absolute Gasteiger partial charge is 0.393 e. The Morgan fingerprint density at radius 3 is 2.07 bits per heavy atom. The number of aromatic nitrogens is 2. The van der Waals surface area contributed by atoms with Crippen LogP contribution in [0.2, 0.25) is 0 Å². The second-order valence-corrected chi connectivity index (χ2v) is 9.42. The average Bonchev–Trinajstić information content (AvgIpc) is 2.98. The lowest BCUT2D eigenvalue weighted by Crippen LogP contribution is -2.15. The maximum atomic E-state index is 10.2. The highest BCUT2D eigenvalue weighted by Gasteiger charge is 2.21. The Balaban J connectivity index is 2.27. The Hall–Kier alpha value is -1.61. The van der Waals surface area contributed by atoms with Gasteiger partial charge in [0.05, 0.1) is 11.8 Å². The summed E-state index contributed by atoms with van der Waals surface area (Å²) in [6, 6.07) is 9.49. The summed E-state index contributed by atoms with van der Waals surface area (Å²) >= 11 is 0. The van der Waals surface area contributed by atoms with E-state index in [-0.39, 0.29) is 6.10 Å². The number of hydrogen-bond donors (Lipinski definition) is 1. The molecule has 3 heteroatoms. The highest BCUT2D eigenvalue weighted by molar-refractivity contribution is 5.34. The van der Waals surface area contributed by atoms with Crippen LogP contribution in [0.3, 0.4) is 0 Å². The topological polar surface area (TPSA) is 38.1 Å². The summed E-state index contributed by atoms with van der Waals surface area (Å²) in [5, 5.41) is 15.2. The van der Waals surface area contributed by atoms with Crippen LogP contribution in [-0.2, 0) is 19.3 Å². The quantitative estimate of drug-likeness (QED) is 0.483. The number of rotatable bonds is 11. The summed E-state index contributed by atoms with van der Waals surface area (Å²) in [5.74, 6) is 1.16. The van der Waals surface area contributed by atoms with Gasteiger partial charge in [0.25, 0.3) is 0 Å². The summed E-state index contributed by atoms with van der Waals surface area (Å²) in [5.41, 5.74) is 6.65. The number of nitrogens with zero attached hydrogens (tertiary/aromatic N) is 2. The third kappa shape index (κ3) is 6.70. The van der Waals surface area contributed by atoms with Crippen molar-refractivity contribution in [2.24, 2.45) is 11.8 Å². The molecule has 2 atom stereocenters. The molecule has 2 rings (SSSR count). The lowest BCUT2D eigenvalue weighted by molar-refractivity contribution is 0.136. The molecule has 0 radical (unpaired) electrons. The van der Waals surface area contributed by atoms with E-state index in [0.717, 1.165) is 38.5 Å². The van der Waals surface area contributed by atoms with Gasteiger partial charge in [0, 0.05) is 23.7 Å². The van der Waals surface area contributed by atoms with Gasteiger partial charge in [0.1, 0.15) is 0 Å². The molecule has 0 aliphatic heterocycles. The number of benzene rings is 1. The Bertz CT molecular complexity index is 743. The van der Waals surface area contributed by atoms with Gasteiger partial charge < -0.3 is 5.11 Å². The van der Waals surface area contributed by atoms with Crippen molar-refractivity contribution < 1.29 is 5.11 Å². The first-order valence-corrected chi connectivity index (χ1v) is 11.6. The summed E-state index contributed by atoms with van der Waals surface area (Å²) in [7, 11) is 0. The van der Waals surface area contributed by atoms with Crippen molar-refractivity contribution in [3.63, 3.8) is 0 Å². The minimum atomic E-state index is -0.204. The number of aliphatic hydroxyl groups is 1. The molecule has 0 bridgehead atoms. The Labute approximate surface area is 178 Å². The van der Waals surface area contributed by atoms with E-state index >= 15 is 0 Å². The normalized spacial score (nSPS) is 14.0. The zero-order valence-corrected chi connectivity index (χ0v) is 19.7. The van der Waals surface area contributed by atoms with Crippen molar-refractivity contribution >= 4 is 0 Å². The minimum Gasteiger partial charge on any atom is -0.393 e. The zero-order valence-electron chi connectivity index (χ0n) is 19.7. The summed E-state index contributed by atoms with van der Waals surface area (Å²) in [4.78, 5) is 0. The first-order chi connectivity index (χ1) is 13.7. The van der Waals surface area contributed by atoms with Crippen LogP contribution in [0.4, 0.5) is 0 Å². The monoisotopic (exact) mass is 398 g/mol. The van der Waals surface area contributed by atoms with Crippen LogP contribution < -0.4 is 0 Å². The molecule has 29 heavy (non-hydrogen) atoms. The van der Waals surface area contributed by atoms with Crippen molar-refractivity contribution in [2.75, 3.05) is 0 Å². The molecule has 0 spiro atoms. The maximum absolute atomic E-state index is 10.2. The minimum absolute atomic E-state index is 0.204. The Morgan fingerprint density at radius 2 is 1.55 bits per heavy atom. The SMILES string of the molecule is CCC(O)CC(CC)Cc1nn(C(C)C)c(C)c1Cc1ccc(CC(C)C)cc1. The van der Waals surface area contributed by atoms with Crippen LogP contribution in [0.15, 0.2) is 24.3 Å². The van der Waals surface area contributed by atoms with E-state index in [1.165, 1.54) is 28.1 Å². The second kappa shape index (κ2) is 11.0. The standard InChI is InChI=1S/C26H42N2O/c1-8-21(15-24(29)9-2)17-26-25(20(7)28(27-26)19(5)6)16-23-12-10-22(11-13-23)14-18(3)4/h10-13,18-19,21,24,29H,8-9,14-17H2,1-7H3. The fourth-order valence-electron chi connectivity index (χ4n) is 4.20. The molecule has 1 heterocycles. The van der Waals surface area contributed by atoms with Crippen LogP contribution in [-0.4, -0.2) is 21.0 Å². The average molecular weight is 399 g/mol. The first kappa shape index (κ1) is 23.7. The van der Waals surface area contributed by atoms with Gasteiger partial charge in [-0.25, -0.2) is 0 Å². The summed E-state index contributed by atoms with van der Waals surface area (Å²) in [6.45, 7) is 15.4. The summed E-state index contributed by atoms with van der Waals surface area (Å²) < 4.78 is 2.18. The Morgan fingerprint density at radius 1 is 0.931 bits per heavy atom. The molecular weight excluding hydrogens is 356 g/mol. The maximum Gasteiger partial charge on any atom is 0.0665 e. The predicted molar refractivity (Wildman–Crippen MR) is 124 cm³/mol. The third-order valence-electron chi connectivity index (χ3n) is 6.03. The lowest BCUT2D eigenvalue weighted by Gasteiger charge is -2.18. The van der Waals surface area contributed by atoms with Crippen LogP contribution in [0, 0.1) is 18.8 Å². The first-order valence-electron chi connectivity index (χ1n) is 11.6. The van der Waals surface area contributed by atoms with E-state index < -0.39 is 0 Å². The highest BCUT2D eigenvalue weighted by atomic mass is 16.3. The van der Waals surface area contributed by atoms with E-state index in [9.17, 15) is 5.11 Å².